The monoisotopic (exact) mass is 720 g/mol. The van der Waals surface area contributed by atoms with E-state index in [9.17, 15) is 4.79 Å². The van der Waals surface area contributed by atoms with Crippen molar-refractivity contribution in [1.29, 1.82) is 0 Å². The molecule has 0 bridgehead atoms. The highest BCUT2D eigenvalue weighted by atomic mass is 16.6. The second-order valence-corrected chi connectivity index (χ2v) is 10.5. The molecule has 0 aliphatic heterocycles. The molecule has 0 atom stereocenters. The molecule has 292 valence electrons. The molecule has 0 aromatic heterocycles. The molecular weight excluding hydrogens is 656 g/mol. The van der Waals surface area contributed by atoms with Crippen LogP contribution in [0.5, 0.6) is 0 Å². The fourth-order valence-corrected chi connectivity index (χ4v) is 3.79. The molecule has 1 aromatic carbocycles. The van der Waals surface area contributed by atoms with Crippen LogP contribution in [0.4, 0.5) is 5.69 Å². The maximum Gasteiger partial charge on any atom is 0.338 e. The second kappa shape index (κ2) is 38.2. The Labute approximate surface area is 298 Å². The summed E-state index contributed by atoms with van der Waals surface area (Å²) in [4.78, 5) is 12.1. The molecule has 0 fully saturated rings. The molecule has 3 N–H and O–H groups in total. The highest BCUT2D eigenvalue weighted by Crippen LogP contribution is 2.11. The average molecular weight is 721 g/mol. The van der Waals surface area contributed by atoms with E-state index in [0.717, 1.165) is 25.1 Å². The maximum atomic E-state index is 12.1. The molecule has 50 heavy (non-hydrogen) atoms. The van der Waals surface area contributed by atoms with Gasteiger partial charge in [-0.2, -0.15) is 0 Å². The summed E-state index contributed by atoms with van der Waals surface area (Å²) in [6.45, 7) is 14.5. The first-order valence-electron chi connectivity index (χ1n) is 17.8. The topological polar surface area (TPSA) is 166 Å². The van der Waals surface area contributed by atoms with Crippen LogP contribution in [0.2, 0.25) is 0 Å². The number of nitrogens with one attached hydrogen (secondary N) is 1. The van der Waals surface area contributed by atoms with Gasteiger partial charge in [0.2, 0.25) is 0 Å². The summed E-state index contributed by atoms with van der Waals surface area (Å²) in [5, 5.41) is 3.32. The number of unbranched alkanes of at least 4 members (excludes halogenated alkanes) is 1. The first-order chi connectivity index (χ1) is 24.8. The fourth-order valence-electron chi connectivity index (χ4n) is 3.79. The first kappa shape index (κ1) is 46.0. The van der Waals surface area contributed by atoms with Crippen LogP contribution in [0, 0.1) is 0 Å². The Hall–Kier alpha value is -1.99. The van der Waals surface area contributed by atoms with Crippen LogP contribution in [0.15, 0.2) is 24.3 Å². The number of rotatable bonds is 40. The Balaban J connectivity index is 1.69. The van der Waals surface area contributed by atoms with Gasteiger partial charge in [0.25, 0.3) is 0 Å². The number of carbonyl (C=O) groups excluding carboxylic acids is 1. The largest absolute Gasteiger partial charge is 0.460 e. The number of benzene rings is 1. The smallest absolute Gasteiger partial charge is 0.338 e. The highest BCUT2D eigenvalue weighted by molar-refractivity contribution is 5.89. The van der Waals surface area contributed by atoms with Crippen molar-refractivity contribution in [2.75, 3.05) is 170 Å². The van der Waals surface area contributed by atoms with Crippen LogP contribution in [0.25, 0.3) is 0 Å². The fraction of sp³-hybridized carbons (Fsp3) is 0.800. The van der Waals surface area contributed by atoms with Gasteiger partial charge in [-0.25, -0.2) is 4.79 Å². The molecule has 0 amide bonds. The van der Waals surface area contributed by atoms with Crippen LogP contribution in [-0.4, -0.2) is 171 Å². The molecule has 0 aliphatic carbocycles. The highest BCUT2D eigenvalue weighted by Gasteiger charge is 2.07. The molecule has 1 rings (SSSR count). The van der Waals surface area contributed by atoms with Gasteiger partial charge >= 0.3 is 5.97 Å². The van der Waals surface area contributed by atoms with Crippen molar-refractivity contribution in [2.45, 2.75) is 19.8 Å². The Kier molecular flexibility index (Phi) is 35.2. The van der Waals surface area contributed by atoms with Gasteiger partial charge in [-0.15, -0.1) is 0 Å². The van der Waals surface area contributed by atoms with E-state index in [2.05, 4.69) is 12.2 Å². The standard InChI is InChI=1S/C35H64N2O13/c1-2-3-9-37-34-6-4-33(5-7-34)35(38)50-32-31-49-30-29-48-28-27-47-26-25-46-24-23-45-22-21-44-20-19-43-18-17-42-16-15-41-14-13-40-12-11-39-10-8-36/h4-7,37H,2-3,8-32,36H2,1H3. The first-order valence-corrected chi connectivity index (χ1v) is 17.8. The zero-order valence-electron chi connectivity index (χ0n) is 30.3. The van der Waals surface area contributed by atoms with Gasteiger partial charge in [0.05, 0.1) is 151 Å². The van der Waals surface area contributed by atoms with Gasteiger partial charge in [0.1, 0.15) is 6.61 Å². The lowest BCUT2D eigenvalue weighted by Crippen LogP contribution is -2.16. The molecule has 0 spiro atoms. The third-order valence-electron chi connectivity index (χ3n) is 6.42. The minimum Gasteiger partial charge on any atom is -0.460 e. The van der Waals surface area contributed by atoms with E-state index in [1.165, 1.54) is 0 Å². The molecule has 0 aliphatic rings. The van der Waals surface area contributed by atoms with Crippen molar-refractivity contribution in [3.8, 4) is 0 Å². The van der Waals surface area contributed by atoms with Crippen LogP contribution >= 0.6 is 0 Å². The normalized spacial score (nSPS) is 11.3. The van der Waals surface area contributed by atoms with Gasteiger partial charge in [0.15, 0.2) is 0 Å². The third-order valence-corrected chi connectivity index (χ3v) is 6.42. The van der Waals surface area contributed by atoms with E-state index >= 15 is 0 Å². The lowest BCUT2D eigenvalue weighted by atomic mass is 10.2. The van der Waals surface area contributed by atoms with Gasteiger partial charge in [-0.05, 0) is 30.7 Å². The van der Waals surface area contributed by atoms with E-state index in [0.29, 0.717) is 157 Å². The predicted molar refractivity (Wildman–Crippen MR) is 188 cm³/mol. The molecule has 1 aromatic rings. The summed E-state index contributed by atoms with van der Waals surface area (Å²) in [6.07, 6.45) is 2.24. The maximum absolute atomic E-state index is 12.1. The molecular formula is C35H64N2O13. The third kappa shape index (κ3) is 32.0. The van der Waals surface area contributed by atoms with Gasteiger partial charge < -0.3 is 67.9 Å². The Morgan fingerprint density at radius 2 is 0.780 bits per heavy atom. The van der Waals surface area contributed by atoms with Gasteiger partial charge in [0, 0.05) is 18.8 Å². The molecule has 15 nitrogen and oxygen atoms in total. The van der Waals surface area contributed by atoms with Crippen molar-refractivity contribution >= 4 is 11.7 Å². The number of hydrogen-bond donors (Lipinski definition) is 2. The Morgan fingerprint density at radius 3 is 1.08 bits per heavy atom. The zero-order valence-corrected chi connectivity index (χ0v) is 30.3. The summed E-state index contributed by atoms with van der Waals surface area (Å²) in [5.74, 6) is -0.362. The Morgan fingerprint density at radius 1 is 0.480 bits per heavy atom. The molecule has 15 heteroatoms. The molecule has 0 heterocycles. The van der Waals surface area contributed by atoms with Gasteiger partial charge in [-0.1, -0.05) is 13.3 Å². The number of esters is 1. The lowest BCUT2D eigenvalue weighted by molar-refractivity contribution is -0.0279. The molecule has 0 unspecified atom stereocenters. The van der Waals surface area contributed by atoms with Crippen molar-refractivity contribution < 1.29 is 61.6 Å². The molecule has 0 saturated heterocycles. The number of hydrogen-bond acceptors (Lipinski definition) is 15. The lowest BCUT2D eigenvalue weighted by Gasteiger charge is -2.09. The molecule has 0 saturated carbocycles. The number of carbonyl (C=O) groups is 1. The number of anilines is 1. The summed E-state index contributed by atoms with van der Waals surface area (Å²) in [5.41, 5.74) is 6.84. The summed E-state index contributed by atoms with van der Waals surface area (Å²) < 4.78 is 65.0. The van der Waals surface area contributed by atoms with E-state index in [-0.39, 0.29) is 12.6 Å². The van der Waals surface area contributed by atoms with E-state index in [1.54, 1.807) is 12.1 Å². The Bertz CT molecular complexity index is 839. The van der Waals surface area contributed by atoms with Crippen LogP contribution in [-0.2, 0) is 56.8 Å². The van der Waals surface area contributed by atoms with E-state index < -0.39 is 0 Å². The van der Waals surface area contributed by atoms with Crippen molar-refractivity contribution in [1.82, 2.24) is 0 Å². The van der Waals surface area contributed by atoms with Crippen LogP contribution < -0.4 is 11.1 Å². The minimum absolute atomic E-state index is 0.189. The predicted octanol–water partition coefficient (Wildman–Crippen LogP) is 2.20. The second-order valence-electron chi connectivity index (χ2n) is 10.5. The summed E-state index contributed by atoms with van der Waals surface area (Å²) in [6, 6.07) is 7.29. The van der Waals surface area contributed by atoms with Crippen molar-refractivity contribution in [2.24, 2.45) is 5.73 Å². The van der Waals surface area contributed by atoms with Crippen LogP contribution in [0.1, 0.15) is 30.1 Å². The minimum atomic E-state index is -0.362. The van der Waals surface area contributed by atoms with Crippen LogP contribution in [0.3, 0.4) is 0 Å². The number of ether oxygens (including phenoxy) is 12. The average Bonchev–Trinajstić information content (AvgIpc) is 3.13. The summed E-state index contributed by atoms with van der Waals surface area (Å²) in [7, 11) is 0. The molecule has 0 radical (unpaired) electrons. The van der Waals surface area contributed by atoms with E-state index in [4.69, 9.17) is 62.6 Å². The zero-order chi connectivity index (χ0) is 35.8. The summed E-state index contributed by atoms with van der Waals surface area (Å²) >= 11 is 0. The van der Waals surface area contributed by atoms with Crippen molar-refractivity contribution in [3.05, 3.63) is 29.8 Å². The quantitative estimate of drug-likeness (QED) is 0.0748. The SMILES string of the molecule is CCCCNc1ccc(C(=O)OCCOCCOCCOCCOCCOCCOCCOCCOCCOCCOCCOCCN)cc1. The van der Waals surface area contributed by atoms with Crippen molar-refractivity contribution in [3.63, 3.8) is 0 Å². The van der Waals surface area contributed by atoms with E-state index in [1.807, 2.05) is 12.1 Å². The number of nitrogens with two attached hydrogens (primary N) is 1. The van der Waals surface area contributed by atoms with Gasteiger partial charge in [-0.3, -0.25) is 0 Å².